The Morgan fingerprint density at radius 2 is 2.28 bits per heavy atom. The molecule has 6 heteroatoms. The molecule has 1 aliphatic rings. The van der Waals surface area contributed by atoms with E-state index >= 15 is 0 Å². The quantitative estimate of drug-likeness (QED) is 0.652. The third-order valence-corrected chi connectivity index (χ3v) is 3.04. The third-order valence-electron chi connectivity index (χ3n) is 3.04. The van der Waals surface area contributed by atoms with Gasteiger partial charge in [0.25, 0.3) is 0 Å². The van der Waals surface area contributed by atoms with E-state index in [2.05, 4.69) is 20.8 Å². The molecule has 0 aliphatic heterocycles. The predicted molar refractivity (Wildman–Crippen MR) is 68.4 cm³/mol. The fourth-order valence-electron chi connectivity index (χ4n) is 1.51. The molecule has 0 aromatic carbocycles. The Kier molecular flexibility index (Phi) is 4.95. The number of nitrogens with one attached hydrogen (secondary N) is 2. The highest BCUT2D eigenvalue weighted by atomic mass is 16.5. The van der Waals surface area contributed by atoms with E-state index < -0.39 is 0 Å². The van der Waals surface area contributed by atoms with E-state index in [1.807, 2.05) is 14.0 Å². The highest BCUT2D eigenvalue weighted by molar-refractivity contribution is 5.16. The normalized spacial score (nSPS) is 16.8. The molecular formula is C12H22N4O2. The summed E-state index contributed by atoms with van der Waals surface area (Å²) in [7, 11) is 1.86. The molecule has 1 saturated carbocycles. The number of hydrogen-bond acceptors (Lipinski definition) is 6. The van der Waals surface area contributed by atoms with Crippen molar-refractivity contribution in [2.75, 3.05) is 32.1 Å². The topological polar surface area (TPSA) is 72.2 Å². The first-order chi connectivity index (χ1) is 8.79. The maximum Gasteiger partial charge on any atom is 0.315 e. The van der Waals surface area contributed by atoms with Gasteiger partial charge in [-0.05, 0) is 39.2 Å². The molecule has 1 aromatic rings. The zero-order valence-electron chi connectivity index (χ0n) is 11.1. The molecule has 6 nitrogen and oxygen atoms in total. The number of hydrogen-bond donors (Lipinski definition) is 2. The molecule has 0 bridgehead atoms. The second-order valence-electron chi connectivity index (χ2n) is 4.75. The van der Waals surface area contributed by atoms with Gasteiger partial charge in [-0.15, -0.1) is 5.10 Å². The average molecular weight is 254 g/mol. The molecule has 1 aliphatic carbocycles. The number of ether oxygens (including phenoxy) is 1. The van der Waals surface area contributed by atoms with E-state index in [1.165, 1.54) is 12.8 Å². The fraction of sp³-hybridized carbons (Fsp3) is 0.833. The summed E-state index contributed by atoms with van der Waals surface area (Å²) in [6.07, 6.45) is 3.63. The highest BCUT2D eigenvalue weighted by Gasteiger charge is 2.20. The zero-order chi connectivity index (χ0) is 12.8. The molecule has 0 saturated heterocycles. The summed E-state index contributed by atoms with van der Waals surface area (Å²) in [5.41, 5.74) is 0. The maximum atomic E-state index is 5.54. The predicted octanol–water partition coefficient (Wildman–Crippen LogP) is 1.58. The molecule has 1 fully saturated rings. The lowest BCUT2D eigenvalue weighted by atomic mass is 10.3. The van der Waals surface area contributed by atoms with E-state index in [0.717, 1.165) is 32.1 Å². The van der Waals surface area contributed by atoms with E-state index in [9.17, 15) is 0 Å². The monoisotopic (exact) mass is 254 g/mol. The first kappa shape index (κ1) is 13.3. The summed E-state index contributed by atoms with van der Waals surface area (Å²) in [4.78, 5) is 0. The number of nitrogens with zero attached hydrogens (tertiary/aromatic N) is 2. The van der Waals surface area contributed by atoms with Gasteiger partial charge in [0.1, 0.15) is 0 Å². The smallest absolute Gasteiger partial charge is 0.315 e. The molecule has 18 heavy (non-hydrogen) atoms. The SMILES string of the molecule is CNC(C)c1nnc(NCCCOCC2CC2)o1. The molecule has 1 heterocycles. The van der Waals surface area contributed by atoms with Gasteiger partial charge >= 0.3 is 6.01 Å². The average Bonchev–Trinajstić information content (AvgIpc) is 3.09. The van der Waals surface area contributed by atoms with Gasteiger partial charge in [0.2, 0.25) is 5.89 Å². The van der Waals surface area contributed by atoms with Crippen LogP contribution in [-0.2, 0) is 4.74 Å². The van der Waals surface area contributed by atoms with Crippen LogP contribution in [0.3, 0.4) is 0 Å². The van der Waals surface area contributed by atoms with Crippen LogP contribution >= 0.6 is 0 Å². The van der Waals surface area contributed by atoms with Gasteiger partial charge in [-0.2, -0.15) is 0 Å². The van der Waals surface area contributed by atoms with Gasteiger partial charge in [-0.25, -0.2) is 0 Å². The molecule has 0 amide bonds. The second kappa shape index (κ2) is 6.70. The number of rotatable bonds is 9. The Hall–Kier alpha value is -1.14. The van der Waals surface area contributed by atoms with Crippen LogP contribution in [-0.4, -0.2) is 37.0 Å². The summed E-state index contributed by atoms with van der Waals surface area (Å²) < 4.78 is 11.0. The van der Waals surface area contributed by atoms with Crippen molar-refractivity contribution >= 4 is 6.01 Å². The molecule has 2 N–H and O–H groups in total. The Bertz CT molecular complexity index is 352. The van der Waals surface area contributed by atoms with Crippen LogP contribution in [0.5, 0.6) is 0 Å². The van der Waals surface area contributed by atoms with E-state index in [0.29, 0.717) is 11.9 Å². The molecule has 1 atom stereocenters. The minimum atomic E-state index is 0.0786. The zero-order valence-corrected chi connectivity index (χ0v) is 11.1. The summed E-state index contributed by atoms with van der Waals surface area (Å²) in [6, 6.07) is 0.559. The van der Waals surface area contributed by atoms with Crippen LogP contribution in [0.4, 0.5) is 6.01 Å². The van der Waals surface area contributed by atoms with E-state index in [4.69, 9.17) is 9.15 Å². The van der Waals surface area contributed by atoms with Gasteiger partial charge in [-0.1, -0.05) is 5.10 Å². The number of anilines is 1. The number of aromatic nitrogens is 2. The van der Waals surface area contributed by atoms with Crippen molar-refractivity contribution in [1.29, 1.82) is 0 Å². The van der Waals surface area contributed by atoms with Crippen LogP contribution in [0.25, 0.3) is 0 Å². The third kappa shape index (κ3) is 4.27. The van der Waals surface area contributed by atoms with Crippen molar-refractivity contribution in [1.82, 2.24) is 15.5 Å². The van der Waals surface area contributed by atoms with Crippen molar-refractivity contribution in [2.45, 2.75) is 32.2 Å². The van der Waals surface area contributed by atoms with Crippen molar-refractivity contribution in [2.24, 2.45) is 5.92 Å². The van der Waals surface area contributed by atoms with Crippen molar-refractivity contribution in [3.05, 3.63) is 5.89 Å². The lowest BCUT2D eigenvalue weighted by Gasteiger charge is -2.04. The molecule has 0 spiro atoms. The van der Waals surface area contributed by atoms with Gasteiger partial charge in [-0.3, -0.25) is 0 Å². The molecule has 0 radical (unpaired) electrons. The Morgan fingerprint density at radius 1 is 1.44 bits per heavy atom. The summed E-state index contributed by atoms with van der Waals surface area (Å²) in [5, 5.41) is 14.0. The van der Waals surface area contributed by atoms with Gasteiger partial charge in [0, 0.05) is 19.8 Å². The molecule has 102 valence electrons. The van der Waals surface area contributed by atoms with E-state index in [1.54, 1.807) is 0 Å². The first-order valence-corrected chi connectivity index (χ1v) is 6.62. The van der Waals surface area contributed by atoms with Crippen molar-refractivity contribution < 1.29 is 9.15 Å². The minimum absolute atomic E-state index is 0.0786. The molecule has 1 aromatic heterocycles. The van der Waals surface area contributed by atoms with Crippen molar-refractivity contribution in [3.63, 3.8) is 0 Å². The Labute approximate surface area is 107 Å². The molecule has 2 rings (SSSR count). The van der Waals surface area contributed by atoms with Gasteiger partial charge in [0.15, 0.2) is 0 Å². The Balaban J connectivity index is 1.56. The summed E-state index contributed by atoms with van der Waals surface area (Å²) in [5.74, 6) is 1.43. The van der Waals surface area contributed by atoms with Crippen LogP contribution in [0, 0.1) is 5.92 Å². The summed E-state index contributed by atoms with van der Waals surface area (Å²) >= 11 is 0. The van der Waals surface area contributed by atoms with Gasteiger partial charge < -0.3 is 19.8 Å². The standard InChI is InChI=1S/C12H22N4O2/c1-9(13-2)11-15-16-12(18-11)14-6-3-7-17-8-10-4-5-10/h9-10,13H,3-8H2,1-2H3,(H,14,16). The lowest BCUT2D eigenvalue weighted by molar-refractivity contribution is 0.124. The maximum absolute atomic E-state index is 5.54. The van der Waals surface area contributed by atoms with Gasteiger partial charge in [0.05, 0.1) is 6.04 Å². The van der Waals surface area contributed by atoms with Crippen molar-refractivity contribution in [3.8, 4) is 0 Å². The largest absolute Gasteiger partial charge is 0.406 e. The molecule has 1 unspecified atom stereocenters. The second-order valence-corrected chi connectivity index (χ2v) is 4.75. The minimum Gasteiger partial charge on any atom is -0.406 e. The van der Waals surface area contributed by atoms with Crippen LogP contribution in [0.1, 0.15) is 38.1 Å². The van der Waals surface area contributed by atoms with Crippen LogP contribution in [0.15, 0.2) is 4.42 Å². The Morgan fingerprint density at radius 3 is 3.00 bits per heavy atom. The highest BCUT2D eigenvalue weighted by Crippen LogP contribution is 2.28. The van der Waals surface area contributed by atoms with Crippen LogP contribution in [0.2, 0.25) is 0 Å². The van der Waals surface area contributed by atoms with E-state index in [-0.39, 0.29) is 6.04 Å². The van der Waals surface area contributed by atoms with Crippen LogP contribution < -0.4 is 10.6 Å². The fourth-order valence-corrected chi connectivity index (χ4v) is 1.51. The molecular weight excluding hydrogens is 232 g/mol. The summed E-state index contributed by atoms with van der Waals surface area (Å²) in [6.45, 7) is 4.48. The first-order valence-electron chi connectivity index (χ1n) is 6.62. The lowest BCUT2D eigenvalue weighted by Crippen LogP contribution is -2.12.